The Bertz CT molecular complexity index is 750. The van der Waals surface area contributed by atoms with Crippen LogP contribution in [-0.2, 0) is 6.42 Å². The first kappa shape index (κ1) is 20.0. The molecule has 1 fully saturated rings. The Balaban J connectivity index is 1.49. The Hall–Kier alpha value is -2.76. The Morgan fingerprint density at radius 1 is 1.25 bits per heavy atom. The molecule has 3 rings (SSSR count). The van der Waals surface area contributed by atoms with Gasteiger partial charge in [-0.1, -0.05) is 12.1 Å². The number of hydrogen-bond donors (Lipinski definition) is 2. The number of nitrogens with one attached hydrogen (secondary N) is 2. The lowest BCUT2D eigenvalue weighted by molar-refractivity contribution is 0.415. The third-order valence-electron chi connectivity index (χ3n) is 4.96. The van der Waals surface area contributed by atoms with Crippen LogP contribution in [0.15, 0.2) is 53.7 Å². The lowest BCUT2D eigenvalue weighted by Gasteiger charge is -2.19. The SMILES string of the molecule is CCNC(=NCC1CCN(c2cccc(OC)c2)C1)NCCc1ccccn1. The molecule has 150 valence electrons. The molecule has 6 nitrogen and oxygen atoms in total. The molecule has 6 heteroatoms. The fourth-order valence-electron chi connectivity index (χ4n) is 3.44. The van der Waals surface area contributed by atoms with E-state index in [2.05, 4.69) is 51.7 Å². The fraction of sp³-hybridized carbons (Fsp3) is 0.455. The monoisotopic (exact) mass is 381 g/mol. The first-order valence-corrected chi connectivity index (χ1v) is 10.1. The van der Waals surface area contributed by atoms with Crippen LogP contribution in [0.1, 0.15) is 19.0 Å². The van der Waals surface area contributed by atoms with Gasteiger partial charge in [-0.3, -0.25) is 9.98 Å². The fourth-order valence-corrected chi connectivity index (χ4v) is 3.44. The topological polar surface area (TPSA) is 61.8 Å². The maximum absolute atomic E-state index is 5.35. The van der Waals surface area contributed by atoms with E-state index in [1.54, 1.807) is 7.11 Å². The molecule has 1 unspecified atom stereocenters. The average Bonchev–Trinajstić information content (AvgIpc) is 3.22. The van der Waals surface area contributed by atoms with Crippen LogP contribution in [-0.4, -0.2) is 50.8 Å². The second-order valence-electron chi connectivity index (χ2n) is 7.02. The van der Waals surface area contributed by atoms with Crippen LogP contribution in [0.25, 0.3) is 0 Å². The van der Waals surface area contributed by atoms with Crippen molar-refractivity contribution in [3.8, 4) is 5.75 Å². The minimum atomic E-state index is 0.567. The van der Waals surface area contributed by atoms with E-state index < -0.39 is 0 Å². The Morgan fingerprint density at radius 3 is 2.96 bits per heavy atom. The molecule has 0 saturated carbocycles. The normalized spacial score (nSPS) is 16.9. The zero-order valence-corrected chi connectivity index (χ0v) is 16.9. The molecule has 1 aliphatic heterocycles. The molecule has 0 bridgehead atoms. The number of nitrogens with zero attached hydrogens (tertiary/aromatic N) is 3. The van der Waals surface area contributed by atoms with Crippen LogP contribution in [0, 0.1) is 5.92 Å². The third-order valence-corrected chi connectivity index (χ3v) is 4.96. The second kappa shape index (κ2) is 10.5. The van der Waals surface area contributed by atoms with Gasteiger partial charge in [-0.25, -0.2) is 0 Å². The number of benzene rings is 1. The maximum Gasteiger partial charge on any atom is 0.191 e. The van der Waals surface area contributed by atoms with Crippen LogP contribution in [0.5, 0.6) is 5.75 Å². The van der Waals surface area contributed by atoms with E-state index in [1.165, 1.54) is 5.69 Å². The standard InChI is InChI=1S/C22H31N5O/c1-3-23-22(25-13-10-19-7-4-5-12-24-19)26-16-18-11-14-27(17-18)20-8-6-9-21(15-20)28-2/h4-9,12,15,18H,3,10-11,13-14,16-17H2,1-2H3,(H2,23,25,26). The largest absolute Gasteiger partial charge is 0.497 e. The van der Waals surface area contributed by atoms with Crippen molar-refractivity contribution in [3.05, 3.63) is 54.4 Å². The summed E-state index contributed by atoms with van der Waals surface area (Å²) in [6, 6.07) is 14.3. The highest BCUT2D eigenvalue weighted by atomic mass is 16.5. The molecule has 2 N–H and O–H groups in total. The highest BCUT2D eigenvalue weighted by Gasteiger charge is 2.22. The first-order chi connectivity index (χ1) is 13.8. The van der Waals surface area contributed by atoms with Gasteiger partial charge in [0, 0.05) is 62.8 Å². The number of methoxy groups -OCH3 is 1. The molecule has 0 spiro atoms. The lowest BCUT2D eigenvalue weighted by Crippen LogP contribution is -2.38. The molecule has 1 aromatic carbocycles. The maximum atomic E-state index is 5.35. The minimum Gasteiger partial charge on any atom is -0.497 e. The molecule has 0 aliphatic carbocycles. The zero-order chi connectivity index (χ0) is 19.6. The molecular formula is C22H31N5O. The molecule has 0 amide bonds. The van der Waals surface area contributed by atoms with Crippen molar-refractivity contribution >= 4 is 11.6 Å². The molecule has 28 heavy (non-hydrogen) atoms. The van der Waals surface area contributed by atoms with Gasteiger partial charge >= 0.3 is 0 Å². The predicted molar refractivity (Wildman–Crippen MR) is 115 cm³/mol. The summed E-state index contributed by atoms with van der Waals surface area (Å²) in [4.78, 5) is 11.6. The van der Waals surface area contributed by atoms with E-state index in [0.29, 0.717) is 5.92 Å². The highest BCUT2D eigenvalue weighted by Crippen LogP contribution is 2.26. The van der Waals surface area contributed by atoms with E-state index in [9.17, 15) is 0 Å². The number of rotatable bonds is 8. The summed E-state index contributed by atoms with van der Waals surface area (Å²) in [5.41, 5.74) is 2.32. The van der Waals surface area contributed by atoms with Gasteiger partial charge in [0.2, 0.25) is 0 Å². The van der Waals surface area contributed by atoms with Crippen molar-refractivity contribution in [1.29, 1.82) is 0 Å². The number of hydrogen-bond acceptors (Lipinski definition) is 4. The van der Waals surface area contributed by atoms with E-state index in [4.69, 9.17) is 9.73 Å². The van der Waals surface area contributed by atoms with Gasteiger partial charge in [-0.05, 0) is 43.5 Å². The summed E-state index contributed by atoms with van der Waals surface area (Å²) in [6.07, 6.45) is 3.88. The van der Waals surface area contributed by atoms with Crippen LogP contribution in [0.4, 0.5) is 5.69 Å². The van der Waals surface area contributed by atoms with Crippen LogP contribution in [0.3, 0.4) is 0 Å². The quantitative estimate of drug-likeness (QED) is 0.544. The number of aromatic nitrogens is 1. The van der Waals surface area contributed by atoms with Crippen molar-refractivity contribution in [3.63, 3.8) is 0 Å². The van der Waals surface area contributed by atoms with E-state index in [1.807, 2.05) is 24.4 Å². The Morgan fingerprint density at radius 2 is 2.18 bits per heavy atom. The number of anilines is 1. The van der Waals surface area contributed by atoms with Crippen molar-refractivity contribution in [2.24, 2.45) is 10.9 Å². The molecule has 1 aromatic heterocycles. The van der Waals surface area contributed by atoms with E-state index in [0.717, 1.165) is 63.0 Å². The molecule has 2 aromatic rings. The van der Waals surface area contributed by atoms with Gasteiger partial charge in [0.1, 0.15) is 5.75 Å². The smallest absolute Gasteiger partial charge is 0.191 e. The number of ether oxygens (including phenoxy) is 1. The van der Waals surface area contributed by atoms with Crippen molar-refractivity contribution in [2.45, 2.75) is 19.8 Å². The second-order valence-corrected chi connectivity index (χ2v) is 7.02. The molecular weight excluding hydrogens is 350 g/mol. The van der Waals surface area contributed by atoms with Gasteiger partial charge in [0.05, 0.1) is 7.11 Å². The molecule has 1 aliphatic rings. The molecule has 1 saturated heterocycles. The van der Waals surface area contributed by atoms with Gasteiger partial charge in [-0.15, -0.1) is 0 Å². The summed E-state index contributed by atoms with van der Waals surface area (Å²) in [5, 5.41) is 6.76. The first-order valence-electron chi connectivity index (χ1n) is 10.1. The summed E-state index contributed by atoms with van der Waals surface area (Å²) in [6.45, 7) is 6.70. The Labute approximate surface area is 168 Å². The van der Waals surface area contributed by atoms with Gasteiger partial charge in [0.25, 0.3) is 0 Å². The average molecular weight is 382 g/mol. The van der Waals surface area contributed by atoms with Crippen LogP contribution >= 0.6 is 0 Å². The zero-order valence-electron chi connectivity index (χ0n) is 16.9. The van der Waals surface area contributed by atoms with Crippen molar-refractivity contribution in [2.75, 3.05) is 44.7 Å². The predicted octanol–water partition coefficient (Wildman–Crippen LogP) is 2.71. The molecule has 2 heterocycles. The van der Waals surface area contributed by atoms with Crippen LogP contribution in [0.2, 0.25) is 0 Å². The minimum absolute atomic E-state index is 0.567. The summed E-state index contributed by atoms with van der Waals surface area (Å²) >= 11 is 0. The third kappa shape index (κ3) is 5.87. The summed E-state index contributed by atoms with van der Waals surface area (Å²) < 4.78 is 5.35. The molecule has 1 atom stereocenters. The number of pyridine rings is 1. The van der Waals surface area contributed by atoms with Gasteiger partial charge < -0.3 is 20.3 Å². The van der Waals surface area contributed by atoms with Gasteiger partial charge in [-0.2, -0.15) is 0 Å². The van der Waals surface area contributed by atoms with E-state index in [-0.39, 0.29) is 0 Å². The Kier molecular flexibility index (Phi) is 7.53. The van der Waals surface area contributed by atoms with Crippen molar-refractivity contribution in [1.82, 2.24) is 15.6 Å². The molecule has 0 radical (unpaired) electrons. The number of guanidine groups is 1. The summed E-state index contributed by atoms with van der Waals surface area (Å²) in [5.74, 6) is 2.36. The highest BCUT2D eigenvalue weighted by molar-refractivity contribution is 5.79. The van der Waals surface area contributed by atoms with Crippen LogP contribution < -0.4 is 20.3 Å². The summed E-state index contributed by atoms with van der Waals surface area (Å²) in [7, 11) is 1.71. The lowest BCUT2D eigenvalue weighted by atomic mass is 10.1. The van der Waals surface area contributed by atoms with E-state index >= 15 is 0 Å². The number of aliphatic imine (C=N–C) groups is 1. The van der Waals surface area contributed by atoms with Gasteiger partial charge in [0.15, 0.2) is 5.96 Å². The van der Waals surface area contributed by atoms with Crippen molar-refractivity contribution < 1.29 is 4.74 Å².